The van der Waals surface area contributed by atoms with Crippen LogP contribution in [0, 0.1) is 0 Å². The molecular weight excluding hydrogens is 419 g/mol. The number of nitrogens with zero attached hydrogens (tertiary/aromatic N) is 4. The largest absolute Gasteiger partial charge is 0.388 e. The summed E-state index contributed by atoms with van der Waals surface area (Å²) < 4.78 is 17.9. The van der Waals surface area contributed by atoms with Gasteiger partial charge in [-0.25, -0.2) is 4.68 Å². The Morgan fingerprint density at radius 2 is 1.50 bits per heavy atom. The van der Waals surface area contributed by atoms with Crippen molar-refractivity contribution >= 4 is 30.9 Å². The van der Waals surface area contributed by atoms with Gasteiger partial charge in [-0.2, -0.15) is 4.98 Å². The van der Waals surface area contributed by atoms with Crippen molar-refractivity contribution in [2.24, 2.45) is 0 Å². The highest BCUT2D eigenvalue weighted by atomic mass is 35.5. The van der Waals surface area contributed by atoms with Gasteiger partial charge < -0.3 is 9.42 Å². The fourth-order valence-corrected chi connectivity index (χ4v) is 4.10. The van der Waals surface area contributed by atoms with Crippen LogP contribution in [0.3, 0.4) is 0 Å². The first-order chi connectivity index (χ1) is 13.0. The molecule has 0 aliphatic heterocycles. The van der Waals surface area contributed by atoms with Crippen LogP contribution in [0.1, 0.15) is 34.6 Å². The molecule has 0 atom stereocenters. The van der Waals surface area contributed by atoms with Crippen LogP contribution in [0.2, 0.25) is 0 Å². The molecule has 0 aliphatic carbocycles. The minimum absolute atomic E-state index is 0. The van der Waals surface area contributed by atoms with E-state index in [0.29, 0.717) is 13.2 Å². The molecule has 0 aliphatic rings. The number of hydrogen-bond donors (Lipinski definition) is 0. The minimum Gasteiger partial charge on any atom is -0.388 e. The molecule has 0 N–H and O–H groups in total. The molecular formula is C18H32ClN4O3PS. The van der Waals surface area contributed by atoms with Gasteiger partial charge in [-0.05, 0) is 45.6 Å². The normalized spacial score (nSPS) is 10.8. The van der Waals surface area contributed by atoms with Crippen LogP contribution >= 0.6 is 19.1 Å². The van der Waals surface area contributed by atoms with E-state index in [9.17, 15) is 0 Å². The molecule has 10 heteroatoms. The number of halogens is 1. The van der Waals surface area contributed by atoms with Crippen LogP contribution in [-0.2, 0) is 20.9 Å². The molecule has 7 nitrogen and oxygen atoms in total. The predicted molar refractivity (Wildman–Crippen MR) is 120 cm³/mol. The van der Waals surface area contributed by atoms with Crippen molar-refractivity contribution in [3.8, 4) is 11.7 Å². The first kappa shape index (κ1) is 27.0. The van der Waals surface area contributed by atoms with Gasteiger partial charge in [-0.15, -0.1) is 17.5 Å². The molecule has 0 spiro atoms. The topological polar surface area (TPSA) is 61.6 Å². The van der Waals surface area contributed by atoms with E-state index in [4.69, 9.17) is 25.4 Å². The zero-order valence-electron chi connectivity index (χ0n) is 17.3. The van der Waals surface area contributed by atoms with Gasteiger partial charge in [0.2, 0.25) is 0 Å². The lowest BCUT2D eigenvalue weighted by Crippen LogP contribution is -2.21. The van der Waals surface area contributed by atoms with Crippen molar-refractivity contribution in [3.63, 3.8) is 0 Å². The maximum absolute atomic E-state index is 5.52. The lowest BCUT2D eigenvalue weighted by molar-refractivity contribution is 0.214. The first-order valence-corrected chi connectivity index (χ1v) is 11.8. The number of aromatic nitrogens is 3. The Labute approximate surface area is 180 Å². The van der Waals surface area contributed by atoms with Gasteiger partial charge in [0.1, 0.15) is 6.33 Å². The lowest BCUT2D eigenvalue weighted by Gasteiger charge is -2.18. The van der Waals surface area contributed by atoms with Gasteiger partial charge in [0.15, 0.2) is 0 Å². The van der Waals surface area contributed by atoms with E-state index >= 15 is 0 Å². The highest BCUT2D eigenvalue weighted by Gasteiger charge is 2.23. The molecule has 1 heterocycles. The van der Waals surface area contributed by atoms with Gasteiger partial charge in [0.05, 0.1) is 18.9 Å². The summed E-state index contributed by atoms with van der Waals surface area (Å²) in [6.07, 6.45) is 1.56. The van der Waals surface area contributed by atoms with Crippen molar-refractivity contribution in [1.82, 2.24) is 19.7 Å². The van der Waals surface area contributed by atoms with Gasteiger partial charge in [-0.1, -0.05) is 39.0 Å². The Kier molecular flexibility index (Phi) is 14.4. The summed E-state index contributed by atoms with van der Waals surface area (Å²) in [6.45, 7) is 11.8. The van der Waals surface area contributed by atoms with Gasteiger partial charge >= 0.3 is 12.7 Å². The van der Waals surface area contributed by atoms with Crippen molar-refractivity contribution in [2.45, 2.75) is 34.6 Å². The fraction of sp³-hybridized carbons (Fsp3) is 0.556. The van der Waals surface area contributed by atoms with Crippen LogP contribution in [0.15, 0.2) is 36.7 Å². The fourth-order valence-electron chi connectivity index (χ4n) is 2.17. The average molecular weight is 451 g/mol. The second-order valence-electron chi connectivity index (χ2n) is 5.30. The van der Waals surface area contributed by atoms with Crippen LogP contribution in [0.25, 0.3) is 5.69 Å². The van der Waals surface area contributed by atoms with Crippen molar-refractivity contribution in [2.75, 3.05) is 32.8 Å². The highest BCUT2D eigenvalue weighted by Crippen LogP contribution is 2.48. The minimum atomic E-state index is -2.82. The van der Waals surface area contributed by atoms with E-state index in [2.05, 4.69) is 35.8 Å². The van der Waals surface area contributed by atoms with E-state index in [1.807, 2.05) is 44.2 Å². The molecule has 0 saturated heterocycles. The Morgan fingerprint density at radius 1 is 0.964 bits per heavy atom. The summed E-state index contributed by atoms with van der Waals surface area (Å²) in [6, 6.07) is 9.75. The molecule has 2 rings (SSSR count). The predicted octanol–water partition coefficient (Wildman–Crippen LogP) is 4.71. The Bertz CT molecular complexity index is 671. The zero-order chi connectivity index (χ0) is 20.1. The molecule has 28 heavy (non-hydrogen) atoms. The zero-order valence-corrected chi connectivity index (χ0v) is 19.8. The number of benzene rings is 1. The monoisotopic (exact) mass is 450 g/mol. The number of para-hydroxylation sites is 1. The third kappa shape index (κ3) is 9.45. The summed E-state index contributed by atoms with van der Waals surface area (Å²) in [5, 5.41) is 4.21. The number of rotatable bonds is 10. The van der Waals surface area contributed by atoms with Gasteiger partial charge in [0.25, 0.3) is 0 Å². The molecule has 0 saturated carbocycles. The summed E-state index contributed by atoms with van der Waals surface area (Å²) in [4.78, 5) is 6.45. The molecule has 1 aromatic heterocycles. The number of hydrogen-bond acceptors (Lipinski definition) is 7. The summed E-state index contributed by atoms with van der Waals surface area (Å²) >= 11 is 5.26. The molecule has 0 amide bonds. The Balaban J connectivity index is 0.000000786. The van der Waals surface area contributed by atoms with Crippen LogP contribution in [-0.4, -0.2) is 52.5 Å². The van der Waals surface area contributed by atoms with E-state index in [1.165, 1.54) is 19.6 Å². The van der Waals surface area contributed by atoms with Crippen molar-refractivity contribution < 1.29 is 13.6 Å². The van der Waals surface area contributed by atoms with Crippen LogP contribution < -0.4 is 4.52 Å². The second kappa shape index (κ2) is 14.9. The molecule has 0 unspecified atom stereocenters. The Morgan fingerprint density at radius 3 is 1.93 bits per heavy atom. The molecule has 2 aromatic rings. The van der Waals surface area contributed by atoms with Crippen molar-refractivity contribution in [3.05, 3.63) is 36.7 Å². The molecule has 0 bridgehead atoms. The average Bonchev–Trinajstić information content (AvgIpc) is 3.13. The maximum Gasteiger partial charge on any atom is 0.382 e. The summed E-state index contributed by atoms with van der Waals surface area (Å²) in [5.74, 6) is 0. The maximum atomic E-state index is 5.52. The van der Waals surface area contributed by atoms with Crippen LogP contribution in [0.4, 0.5) is 0 Å². The van der Waals surface area contributed by atoms with E-state index in [0.717, 1.165) is 5.69 Å². The summed E-state index contributed by atoms with van der Waals surface area (Å²) in [7, 11) is 0. The van der Waals surface area contributed by atoms with Crippen LogP contribution in [0.5, 0.6) is 6.01 Å². The third-order valence-corrected chi connectivity index (χ3v) is 5.99. The standard InChI is InChI=1S/C12H16N3O3PS.C6H15N.ClH/c1-3-16-19(20,17-4-2)18-12-13-10-15(14-12)11-8-6-5-7-9-11;1-4-7(5-2)6-3;/h5-10H,3-4H2,1-2H3;4-6H2,1-3H3;1H. The van der Waals surface area contributed by atoms with E-state index < -0.39 is 6.72 Å². The Hall–Kier alpha value is -1.02. The SMILES string of the molecule is CCN(CC)CC.CCOP(=S)(OCC)Oc1ncn(-c2ccccc2)n1.Cl. The third-order valence-electron chi connectivity index (χ3n) is 3.60. The highest BCUT2D eigenvalue weighted by molar-refractivity contribution is 8.07. The van der Waals surface area contributed by atoms with Crippen molar-refractivity contribution in [1.29, 1.82) is 0 Å². The molecule has 0 fully saturated rings. The lowest BCUT2D eigenvalue weighted by atomic mass is 10.3. The summed E-state index contributed by atoms with van der Waals surface area (Å²) in [5.41, 5.74) is 0.885. The van der Waals surface area contributed by atoms with Gasteiger partial charge in [-0.3, -0.25) is 9.05 Å². The quantitative estimate of drug-likeness (QED) is 0.485. The van der Waals surface area contributed by atoms with E-state index in [-0.39, 0.29) is 18.4 Å². The smallest absolute Gasteiger partial charge is 0.382 e. The molecule has 0 radical (unpaired) electrons. The van der Waals surface area contributed by atoms with Gasteiger partial charge in [0, 0.05) is 11.8 Å². The van der Waals surface area contributed by atoms with E-state index in [1.54, 1.807) is 11.0 Å². The molecule has 160 valence electrons. The molecule has 1 aromatic carbocycles. The first-order valence-electron chi connectivity index (χ1n) is 9.29. The second-order valence-corrected chi connectivity index (χ2v) is 8.24.